The van der Waals surface area contributed by atoms with E-state index >= 15 is 0 Å². The second-order valence-corrected chi connectivity index (χ2v) is 8.77. The number of carboxylic acids is 1. The fourth-order valence-electron chi connectivity index (χ4n) is 6.04. The van der Waals surface area contributed by atoms with Crippen LogP contribution in [0.2, 0.25) is 0 Å². The van der Waals surface area contributed by atoms with Crippen LogP contribution < -0.4 is 0 Å². The molecule has 0 saturated heterocycles. The van der Waals surface area contributed by atoms with Crippen LogP contribution in [0.5, 0.6) is 0 Å². The Balaban J connectivity index is 1.96. The molecule has 5 atom stereocenters. The maximum absolute atomic E-state index is 11.7. The van der Waals surface area contributed by atoms with Crippen molar-refractivity contribution in [3.8, 4) is 0 Å². The Labute approximate surface area is 134 Å². The summed E-state index contributed by atoms with van der Waals surface area (Å²) < 4.78 is 0. The molecule has 3 aliphatic carbocycles. The molecule has 22 heavy (non-hydrogen) atoms. The third kappa shape index (κ3) is 2.10. The van der Waals surface area contributed by atoms with E-state index in [0.717, 1.165) is 31.6 Å². The molecule has 2 nitrogen and oxygen atoms in total. The number of rotatable bonds is 2. The number of hydrogen-bond acceptors (Lipinski definition) is 1. The van der Waals surface area contributed by atoms with Crippen LogP contribution in [0.4, 0.5) is 0 Å². The molecule has 0 aliphatic heterocycles. The molecule has 2 heteroatoms. The lowest BCUT2D eigenvalue weighted by atomic mass is 9.43. The lowest BCUT2D eigenvalue weighted by molar-refractivity contribution is -0.139. The first-order chi connectivity index (χ1) is 10.3. The largest absolute Gasteiger partial charge is 0.478 e. The lowest BCUT2D eigenvalue weighted by Gasteiger charge is -2.61. The number of aliphatic carboxylic acids is 1. The third-order valence-corrected chi connectivity index (χ3v) is 7.60. The van der Waals surface area contributed by atoms with Gasteiger partial charge in [-0.15, -0.1) is 6.58 Å². The van der Waals surface area contributed by atoms with E-state index in [0.29, 0.717) is 16.9 Å². The predicted octanol–water partition coefficient (Wildman–Crippen LogP) is 5.21. The molecule has 1 N–H and O–H groups in total. The summed E-state index contributed by atoms with van der Waals surface area (Å²) in [6.07, 6.45) is 12.1. The highest BCUT2D eigenvalue weighted by atomic mass is 16.4. The van der Waals surface area contributed by atoms with E-state index in [1.54, 1.807) is 0 Å². The topological polar surface area (TPSA) is 37.3 Å². The zero-order chi connectivity index (χ0) is 16.2. The zero-order valence-electron chi connectivity index (χ0n) is 14.3. The molecule has 0 spiro atoms. The number of carboxylic acid groups (broad SMARTS) is 1. The standard InChI is InChI=1S/C20H30O2/c1-5-18(2)11-12-19(3)14(13-18)9-10-20(4)15(17(21)22)7-6-8-16(19)20/h5,7,14,16H,1,6,8-13H2,2-4H3,(H,21,22). The molecule has 5 unspecified atom stereocenters. The van der Waals surface area contributed by atoms with Crippen LogP contribution in [-0.4, -0.2) is 11.1 Å². The van der Waals surface area contributed by atoms with Crippen LogP contribution >= 0.6 is 0 Å². The number of carbonyl (C=O) groups is 1. The van der Waals surface area contributed by atoms with Crippen molar-refractivity contribution in [3.05, 3.63) is 24.3 Å². The van der Waals surface area contributed by atoms with Crippen LogP contribution in [0.3, 0.4) is 0 Å². The van der Waals surface area contributed by atoms with E-state index in [1.807, 2.05) is 6.08 Å². The van der Waals surface area contributed by atoms with Crippen molar-refractivity contribution < 1.29 is 9.90 Å². The van der Waals surface area contributed by atoms with Gasteiger partial charge in [0, 0.05) is 11.0 Å². The van der Waals surface area contributed by atoms with Gasteiger partial charge in [-0.2, -0.15) is 0 Å². The Morgan fingerprint density at radius 1 is 1.27 bits per heavy atom. The Kier molecular flexibility index (Phi) is 3.58. The van der Waals surface area contributed by atoms with Crippen molar-refractivity contribution in [1.29, 1.82) is 0 Å². The van der Waals surface area contributed by atoms with Gasteiger partial charge in [0.15, 0.2) is 0 Å². The maximum atomic E-state index is 11.7. The average Bonchev–Trinajstić information content (AvgIpc) is 2.47. The monoisotopic (exact) mass is 302 g/mol. The zero-order valence-corrected chi connectivity index (χ0v) is 14.3. The van der Waals surface area contributed by atoms with Gasteiger partial charge < -0.3 is 5.11 Å². The minimum Gasteiger partial charge on any atom is -0.478 e. The smallest absolute Gasteiger partial charge is 0.331 e. The number of allylic oxidation sites excluding steroid dienone is 2. The molecule has 3 aliphatic rings. The minimum absolute atomic E-state index is 0.128. The van der Waals surface area contributed by atoms with Gasteiger partial charge in [0.25, 0.3) is 0 Å². The van der Waals surface area contributed by atoms with Crippen molar-refractivity contribution >= 4 is 5.97 Å². The molecule has 0 aromatic heterocycles. The second-order valence-electron chi connectivity index (χ2n) is 8.77. The van der Waals surface area contributed by atoms with Crippen LogP contribution in [-0.2, 0) is 4.79 Å². The van der Waals surface area contributed by atoms with Crippen LogP contribution in [0.15, 0.2) is 24.3 Å². The Morgan fingerprint density at radius 2 is 2.00 bits per heavy atom. The highest BCUT2D eigenvalue weighted by Gasteiger charge is 2.58. The van der Waals surface area contributed by atoms with Gasteiger partial charge in [-0.1, -0.05) is 32.9 Å². The predicted molar refractivity (Wildman–Crippen MR) is 89.5 cm³/mol. The van der Waals surface area contributed by atoms with E-state index in [2.05, 4.69) is 33.4 Å². The normalized spacial score (nSPS) is 47.9. The highest BCUT2D eigenvalue weighted by molar-refractivity contribution is 5.88. The molecule has 2 fully saturated rings. The first kappa shape index (κ1) is 15.8. The average molecular weight is 302 g/mol. The summed E-state index contributed by atoms with van der Waals surface area (Å²) in [5, 5.41) is 9.66. The fourth-order valence-corrected chi connectivity index (χ4v) is 6.04. The summed E-state index contributed by atoms with van der Waals surface area (Å²) in [5.74, 6) is 0.542. The highest BCUT2D eigenvalue weighted by Crippen LogP contribution is 2.66. The van der Waals surface area contributed by atoms with E-state index in [4.69, 9.17) is 0 Å². The second kappa shape index (κ2) is 4.97. The van der Waals surface area contributed by atoms with E-state index in [9.17, 15) is 9.90 Å². The summed E-state index contributed by atoms with van der Waals surface area (Å²) in [4.78, 5) is 11.7. The molecule has 0 bridgehead atoms. The lowest BCUT2D eigenvalue weighted by Crippen LogP contribution is -2.54. The molecular weight excluding hydrogens is 272 g/mol. The molecule has 122 valence electrons. The van der Waals surface area contributed by atoms with Crippen molar-refractivity contribution in [3.63, 3.8) is 0 Å². The van der Waals surface area contributed by atoms with Gasteiger partial charge >= 0.3 is 5.97 Å². The molecule has 0 radical (unpaired) electrons. The van der Waals surface area contributed by atoms with Gasteiger partial charge in [0.1, 0.15) is 0 Å². The van der Waals surface area contributed by atoms with Gasteiger partial charge in [0.05, 0.1) is 0 Å². The molecule has 0 amide bonds. The third-order valence-electron chi connectivity index (χ3n) is 7.60. The first-order valence-corrected chi connectivity index (χ1v) is 8.83. The molecule has 0 aromatic carbocycles. The molecule has 0 aromatic rings. The van der Waals surface area contributed by atoms with Gasteiger partial charge in [-0.3, -0.25) is 0 Å². The molecule has 3 rings (SSSR count). The van der Waals surface area contributed by atoms with Crippen molar-refractivity contribution in [2.75, 3.05) is 0 Å². The van der Waals surface area contributed by atoms with E-state index in [1.165, 1.54) is 19.3 Å². The van der Waals surface area contributed by atoms with Gasteiger partial charge in [-0.25, -0.2) is 4.79 Å². The SMILES string of the molecule is C=CC1(C)CCC2(C)C(CCC3(C)C(C(=O)O)=CCCC32)C1. The summed E-state index contributed by atoms with van der Waals surface area (Å²) in [6, 6.07) is 0. The molecule has 2 saturated carbocycles. The van der Waals surface area contributed by atoms with Crippen molar-refractivity contribution in [1.82, 2.24) is 0 Å². The Bertz CT molecular complexity index is 534. The van der Waals surface area contributed by atoms with Crippen molar-refractivity contribution in [2.45, 2.75) is 65.7 Å². The van der Waals surface area contributed by atoms with Crippen molar-refractivity contribution in [2.24, 2.45) is 28.1 Å². The fraction of sp³-hybridized carbons (Fsp3) is 0.750. The number of fused-ring (bicyclic) bond motifs is 3. The van der Waals surface area contributed by atoms with E-state index < -0.39 is 5.97 Å². The van der Waals surface area contributed by atoms with Crippen LogP contribution in [0, 0.1) is 28.1 Å². The summed E-state index contributed by atoms with van der Waals surface area (Å²) in [5.41, 5.74) is 1.14. The quantitative estimate of drug-likeness (QED) is 0.711. The first-order valence-electron chi connectivity index (χ1n) is 8.83. The number of hydrogen-bond donors (Lipinski definition) is 1. The molecule has 0 heterocycles. The summed E-state index contributed by atoms with van der Waals surface area (Å²) >= 11 is 0. The maximum Gasteiger partial charge on any atom is 0.331 e. The van der Waals surface area contributed by atoms with E-state index in [-0.39, 0.29) is 10.8 Å². The minimum atomic E-state index is -0.694. The summed E-state index contributed by atoms with van der Waals surface area (Å²) in [7, 11) is 0. The Morgan fingerprint density at radius 3 is 2.64 bits per heavy atom. The summed E-state index contributed by atoms with van der Waals surface area (Å²) in [6.45, 7) is 11.1. The van der Waals surface area contributed by atoms with Crippen LogP contribution in [0.25, 0.3) is 0 Å². The van der Waals surface area contributed by atoms with Gasteiger partial charge in [-0.05, 0) is 67.6 Å². The van der Waals surface area contributed by atoms with Gasteiger partial charge in [0.2, 0.25) is 0 Å². The Hall–Kier alpha value is -1.05. The van der Waals surface area contributed by atoms with Crippen LogP contribution in [0.1, 0.15) is 65.7 Å². The molecular formula is C20H30O2.